The van der Waals surface area contributed by atoms with Crippen LogP contribution in [0.2, 0.25) is 0 Å². The zero-order valence-corrected chi connectivity index (χ0v) is 25.1. The average molecular weight is 503 g/mol. The first-order valence-electron chi connectivity index (χ1n) is 2.40. The number of rotatable bonds is 0. The van der Waals surface area contributed by atoms with Crippen LogP contribution in [0.5, 0.6) is 0 Å². The quantitative estimate of drug-likeness (QED) is 0.301. The van der Waals surface area contributed by atoms with E-state index >= 15 is 0 Å². The monoisotopic (exact) mass is 504 g/mol. The Balaban J connectivity index is -0.000000120. The third-order valence-electron chi connectivity index (χ3n) is 1.19. The second-order valence-corrected chi connectivity index (χ2v) is 14.7. The fourth-order valence-electron chi connectivity index (χ4n) is 0.265. The molecule has 0 saturated carbocycles. The van der Waals surface area contributed by atoms with E-state index in [0.717, 1.165) is 27.7 Å². The van der Waals surface area contributed by atoms with E-state index < -0.39 is 12.6 Å². The predicted molar refractivity (Wildman–Crippen MR) is 33.7 cm³/mol. The van der Waals surface area contributed by atoms with Gasteiger partial charge in [-0.1, -0.05) is 0 Å². The smallest absolute Gasteiger partial charge is 1.00 e. The van der Waals surface area contributed by atoms with Gasteiger partial charge in [0, 0.05) is 0 Å². The van der Waals surface area contributed by atoms with Crippen LogP contribution in [-0.2, 0) is 12.6 Å². The van der Waals surface area contributed by atoms with Crippen molar-refractivity contribution >= 4 is 0 Å². The molecule has 0 fully saturated rings. The molecular formula is C6K4N6Os. The van der Waals surface area contributed by atoms with E-state index in [4.69, 9.17) is 31.6 Å². The summed E-state index contributed by atoms with van der Waals surface area (Å²) in [5, 5.41) is 51.6. The number of nitriles is 6. The Morgan fingerprint density at radius 3 is 0.529 bits per heavy atom. The maximum absolute atomic E-state index is 8.60. The summed E-state index contributed by atoms with van der Waals surface area (Å²) in [5.74, 6) is 0. The van der Waals surface area contributed by atoms with E-state index in [1.807, 2.05) is 0 Å². The maximum atomic E-state index is 8.60. The van der Waals surface area contributed by atoms with Crippen LogP contribution in [0, 0.1) is 59.3 Å². The van der Waals surface area contributed by atoms with Crippen molar-refractivity contribution in [1.29, 1.82) is 31.6 Å². The molecule has 0 N–H and O–H groups in total. The van der Waals surface area contributed by atoms with Gasteiger partial charge in [0.25, 0.3) is 0 Å². The van der Waals surface area contributed by atoms with E-state index in [9.17, 15) is 0 Å². The van der Waals surface area contributed by atoms with E-state index in [0.29, 0.717) is 0 Å². The number of nitrogens with zero attached hydrogens (tertiary/aromatic N) is 6. The molecule has 0 unspecified atom stereocenters. The second kappa shape index (κ2) is 11.7. The Hall–Kier alpha value is 4.12. The van der Waals surface area contributed by atoms with E-state index in [1.54, 1.807) is 0 Å². The van der Waals surface area contributed by atoms with Gasteiger partial charge in [0.05, 0.1) is 0 Å². The minimum Gasteiger partial charge on any atom is 1.00 e. The van der Waals surface area contributed by atoms with Crippen LogP contribution in [-0.4, -0.2) is 0 Å². The number of hydrogen-bond donors (Lipinski definition) is 0. The van der Waals surface area contributed by atoms with E-state index in [-0.39, 0.29) is 206 Å². The molecule has 0 rings (SSSR count). The summed E-state index contributed by atoms with van der Waals surface area (Å²) in [6.07, 6.45) is 0. The average Bonchev–Trinajstić information content (AvgIpc) is 2.26. The first-order valence-corrected chi connectivity index (χ1v) is 10.0. The van der Waals surface area contributed by atoms with Crippen molar-refractivity contribution in [1.82, 2.24) is 0 Å². The molecule has 0 aromatic carbocycles. The first kappa shape index (κ1) is 32.9. The van der Waals surface area contributed by atoms with Gasteiger partial charge >= 0.3 is 277 Å². The zero-order chi connectivity index (χ0) is 10.7. The minimum atomic E-state index is -6.75. The maximum Gasteiger partial charge on any atom is 1.00 e. The fourth-order valence-corrected chi connectivity index (χ4v) is 2.17. The van der Waals surface area contributed by atoms with Gasteiger partial charge in [-0.05, 0) is 0 Å². The Bertz CT molecular complexity index is 400. The van der Waals surface area contributed by atoms with E-state index in [1.165, 1.54) is 0 Å². The zero-order valence-electron chi connectivity index (χ0n) is 10.0. The Kier molecular flexibility index (Phi) is 22.6. The Morgan fingerprint density at radius 2 is 0.529 bits per heavy atom. The van der Waals surface area contributed by atoms with Crippen LogP contribution >= 0.6 is 0 Å². The molecule has 17 heavy (non-hydrogen) atoms. The largest absolute Gasteiger partial charge is 1.00 e. The third kappa shape index (κ3) is 5.68. The SMILES string of the molecule is N#[C][Os-4]([C]#N)([C]#N)([C]#N)([C]#N)[C]#N.[K+].[K+].[K+].[K+]. The second-order valence-electron chi connectivity index (χ2n) is 1.80. The molecule has 0 atom stereocenters. The summed E-state index contributed by atoms with van der Waals surface area (Å²) >= 11 is -6.75. The number of hydrogen-bond acceptors (Lipinski definition) is 6. The molecule has 0 aliphatic rings. The van der Waals surface area contributed by atoms with Crippen LogP contribution in [0.1, 0.15) is 0 Å². The van der Waals surface area contributed by atoms with Crippen LogP contribution in [0.3, 0.4) is 0 Å². The van der Waals surface area contributed by atoms with Gasteiger partial charge in [0.15, 0.2) is 0 Å². The minimum absolute atomic E-state index is 0. The molecule has 0 saturated heterocycles. The molecule has 0 heterocycles. The molecule has 0 spiro atoms. The third-order valence-corrected chi connectivity index (χ3v) is 9.71. The van der Waals surface area contributed by atoms with Crippen molar-refractivity contribution in [2.75, 3.05) is 0 Å². The molecule has 0 aromatic heterocycles. The summed E-state index contributed by atoms with van der Waals surface area (Å²) in [5.41, 5.74) is 0. The molecule has 0 aliphatic carbocycles. The van der Waals surface area contributed by atoms with Crippen LogP contribution in [0.25, 0.3) is 0 Å². The van der Waals surface area contributed by atoms with Crippen molar-refractivity contribution in [2.24, 2.45) is 0 Å². The topological polar surface area (TPSA) is 143 Å². The summed E-state index contributed by atoms with van der Waals surface area (Å²) in [4.78, 5) is 0. The van der Waals surface area contributed by atoms with Crippen LogP contribution in [0.15, 0.2) is 0 Å². The summed E-state index contributed by atoms with van der Waals surface area (Å²) in [7, 11) is 0. The molecule has 66 valence electrons. The van der Waals surface area contributed by atoms with Gasteiger partial charge in [-0.2, -0.15) is 0 Å². The molecule has 6 nitrogen and oxygen atoms in total. The van der Waals surface area contributed by atoms with Crippen LogP contribution in [0.4, 0.5) is 0 Å². The molecule has 0 radical (unpaired) electrons. The van der Waals surface area contributed by atoms with Gasteiger partial charge in [0.1, 0.15) is 0 Å². The van der Waals surface area contributed by atoms with Crippen LogP contribution < -0.4 is 206 Å². The standard InChI is InChI=1S/6CN.4K.Os/c6*1-2;;;;;/q;;;;;;4*+1;-4. The van der Waals surface area contributed by atoms with Gasteiger partial charge in [-0.15, -0.1) is 0 Å². The van der Waals surface area contributed by atoms with E-state index in [2.05, 4.69) is 0 Å². The van der Waals surface area contributed by atoms with Gasteiger partial charge in [-0.3, -0.25) is 0 Å². The van der Waals surface area contributed by atoms with Crippen molar-refractivity contribution in [3.8, 4) is 27.7 Å². The molecular weight excluding hydrogens is 503 g/mol. The Morgan fingerprint density at radius 1 is 0.412 bits per heavy atom. The summed E-state index contributed by atoms with van der Waals surface area (Å²) in [6.45, 7) is 0. The van der Waals surface area contributed by atoms with Crippen molar-refractivity contribution in [3.63, 3.8) is 0 Å². The normalized spacial score (nSPS) is 10.2. The fraction of sp³-hybridized carbons (Fsp3) is 0. The van der Waals surface area contributed by atoms with Gasteiger partial charge in [-0.25, -0.2) is 0 Å². The molecule has 0 aromatic rings. The summed E-state index contributed by atoms with van der Waals surface area (Å²) in [6, 6.07) is 0. The molecule has 11 heteroatoms. The molecule has 0 amide bonds. The molecule has 0 aliphatic heterocycles. The molecule has 0 bridgehead atoms. The van der Waals surface area contributed by atoms with Crippen molar-refractivity contribution in [3.05, 3.63) is 0 Å². The van der Waals surface area contributed by atoms with Crippen molar-refractivity contribution < 1.29 is 218 Å². The Labute approximate surface area is 268 Å². The first-order chi connectivity index (χ1) is 5.97. The predicted octanol–water partition coefficient (Wildman–Crippen LogP) is -11.9. The van der Waals surface area contributed by atoms with Gasteiger partial charge < -0.3 is 0 Å². The van der Waals surface area contributed by atoms with Gasteiger partial charge in [0.2, 0.25) is 0 Å². The van der Waals surface area contributed by atoms with Crippen molar-refractivity contribution in [2.45, 2.75) is 0 Å². The summed E-state index contributed by atoms with van der Waals surface area (Å²) < 4.78 is 6.47.